The first-order valence-electron chi connectivity index (χ1n) is 5.76. The highest BCUT2D eigenvalue weighted by atomic mass is 35.7. The first kappa shape index (κ1) is 14.4. The van der Waals surface area contributed by atoms with E-state index in [1.165, 1.54) is 16.8 Å². The molecule has 1 aromatic heterocycles. The summed E-state index contributed by atoms with van der Waals surface area (Å²) in [5.74, 6) is -0.246. The van der Waals surface area contributed by atoms with Crippen LogP contribution in [-0.4, -0.2) is 50.1 Å². The average molecular weight is 307 g/mol. The molecule has 1 fully saturated rings. The molecule has 1 aromatic rings. The zero-order valence-electron chi connectivity index (χ0n) is 10.7. The van der Waals surface area contributed by atoms with Gasteiger partial charge in [-0.1, -0.05) is 0 Å². The van der Waals surface area contributed by atoms with Gasteiger partial charge >= 0.3 is 0 Å². The minimum Gasteiger partial charge on any atom is -0.379 e. The average Bonchev–Trinajstić information content (AvgIpc) is 2.94. The topological polar surface area (TPSA) is 68.6 Å². The molecule has 0 radical (unpaired) electrons. The molecule has 1 atom stereocenters. The van der Waals surface area contributed by atoms with Crippen LogP contribution in [0.2, 0.25) is 0 Å². The number of halogens is 1. The molecule has 19 heavy (non-hydrogen) atoms. The molecule has 0 N–H and O–H groups in total. The van der Waals surface area contributed by atoms with Crippen molar-refractivity contribution >= 4 is 25.6 Å². The summed E-state index contributed by atoms with van der Waals surface area (Å²) in [7, 11) is 4.74. The number of carbonyl (C=O) groups excluding carboxylic acids is 1. The Morgan fingerprint density at radius 3 is 2.74 bits per heavy atom. The van der Waals surface area contributed by atoms with Gasteiger partial charge in [0.1, 0.15) is 10.6 Å². The van der Waals surface area contributed by atoms with Gasteiger partial charge in [0.2, 0.25) is 0 Å². The first-order chi connectivity index (χ1) is 8.80. The van der Waals surface area contributed by atoms with E-state index < -0.39 is 9.05 Å². The molecule has 1 unspecified atom stereocenters. The molecular weight excluding hydrogens is 292 g/mol. The van der Waals surface area contributed by atoms with Crippen molar-refractivity contribution in [3.05, 3.63) is 18.0 Å². The minimum absolute atomic E-state index is 0.0264. The zero-order valence-corrected chi connectivity index (χ0v) is 12.2. The summed E-state index contributed by atoms with van der Waals surface area (Å²) in [5, 5.41) is 0. The van der Waals surface area contributed by atoms with E-state index in [0.29, 0.717) is 13.2 Å². The van der Waals surface area contributed by atoms with Gasteiger partial charge in [-0.2, -0.15) is 0 Å². The van der Waals surface area contributed by atoms with E-state index >= 15 is 0 Å². The summed E-state index contributed by atoms with van der Waals surface area (Å²) in [6.07, 6.45) is 2.11. The molecule has 0 bridgehead atoms. The molecule has 0 aliphatic carbocycles. The van der Waals surface area contributed by atoms with E-state index in [1.54, 1.807) is 19.0 Å². The molecule has 0 saturated carbocycles. The lowest BCUT2D eigenvalue weighted by atomic mass is 10.2. The van der Waals surface area contributed by atoms with Crippen molar-refractivity contribution in [1.82, 2.24) is 9.47 Å². The van der Waals surface area contributed by atoms with Gasteiger partial charge in [-0.05, 0) is 12.5 Å². The van der Waals surface area contributed by atoms with E-state index in [0.717, 1.165) is 6.42 Å². The Morgan fingerprint density at radius 1 is 1.58 bits per heavy atom. The first-order valence-corrected chi connectivity index (χ1v) is 8.07. The summed E-state index contributed by atoms with van der Waals surface area (Å²) in [6.45, 7) is 1.14. The van der Waals surface area contributed by atoms with Gasteiger partial charge in [0.05, 0.1) is 12.6 Å². The number of hydrogen-bond donors (Lipinski definition) is 0. The van der Waals surface area contributed by atoms with Crippen molar-refractivity contribution in [1.29, 1.82) is 0 Å². The smallest absolute Gasteiger partial charge is 0.270 e. The second kappa shape index (κ2) is 5.15. The Kier molecular flexibility index (Phi) is 3.89. The third-order valence-electron chi connectivity index (χ3n) is 3.25. The fourth-order valence-electron chi connectivity index (χ4n) is 2.05. The van der Waals surface area contributed by atoms with E-state index in [-0.39, 0.29) is 22.5 Å². The summed E-state index contributed by atoms with van der Waals surface area (Å²) < 4.78 is 29.2. The van der Waals surface area contributed by atoms with E-state index in [9.17, 15) is 13.2 Å². The molecular formula is C11H15ClN2O4S. The van der Waals surface area contributed by atoms with Gasteiger partial charge in [-0.15, -0.1) is 0 Å². The van der Waals surface area contributed by atoms with Crippen molar-refractivity contribution in [2.24, 2.45) is 7.05 Å². The maximum absolute atomic E-state index is 12.3. The van der Waals surface area contributed by atoms with Gasteiger partial charge in [0, 0.05) is 37.6 Å². The highest BCUT2D eigenvalue weighted by Gasteiger charge is 2.27. The monoisotopic (exact) mass is 306 g/mol. The van der Waals surface area contributed by atoms with Crippen molar-refractivity contribution in [3.8, 4) is 0 Å². The van der Waals surface area contributed by atoms with Crippen LogP contribution in [0.25, 0.3) is 0 Å². The van der Waals surface area contributed by atoms with Gasteiger partial charge in [0.25, 0.3) is 15.0 Å². The lowest BCUT2D eigenvalue weighted by Gasteiger charge is -2.23. The standard InChI is InChI=1S/C11H15ClN2O4S/c1-13-6-9(19(12,16)17)5-10(13)11(15)14(2)8-3-4-18-7-8/h5-6,8H,3-4,7H2,1-2H3. The van der Waals surface area contributed by atoms with Crippen LogP contribution in [0.3, 0.4) is 0 Å². The number of aromatic nitrogens is 1. The summed E-state index contributed by atoms with van der Waals surface area (Å²) in [4.78, 5) is 13.8. The lowest BCUT2D eigenvalue weighted by Crippen LogP contribution is -2.38. The molecule has 1 saturated heterocycles. The van der Waals surface area contributed by atoms with Gasteiger partial charge in [-0.25, -0.2) is 8.42 Å². The Morgan fingerprint density at radius 2 is 2.26 bits per heavy atom. The SMILES string of the molecule is CN(C(=O)c1cc(S(=O)(=O)Cl)cn1C)C1CCOC1. The highest BCUT2D eigenvalue weighted by molar-refractivity contribution is 8.13. The van der Waals surface area contributed by atoms with Crippen LogP contribution in [0.5, 0.6) is 0 Å². The number of hydrogen-bond acceptors (Lipinski definition) is 4. The van der Waals surface area contributed by atoms with Gasteiger partial charge in [-0.3, -0.25) is 4.79 Å². The number of aryl methyl sites for hydroxylation is 1. The number of amides is 1. The summed E-state index contributed by atoms with van der Waals surface area (Å²) in [6, 6.07) is 1.32. The Labute approximate surface area is 116 Å². The lowest BCUT2D eigenvalue weighted by molar-refractivity contribution is 0.0702. The Bertz CT molecular complexity index is 590. The predicted octanol–water partition coefficient (Wildman–Crippen LogP) is 0.814. The molecule has 1 aliphatic heterocycles. The quantitative estimate of drug-likeness (QED) is 0.775. The number of ether oxygens (including phenoxy) is 1. The second-order valence-corrected chi connectivity index (χ2v) is 7.11. The molecule has 2 heterocycles. The second-order valence-electron chi connectivity index (χ2n) is 4.54. The Balaban J connectivity index is 2.26. The van der Waals surface area contributed by atoms with Crippen molar-refractivity contribution in [3.63, 3.8) is 0 Å². The fraction of sp³-hybridized carbons (Fsp3) is 0.545. The largest absolute Gasteiger partial charge is 0.379 e. The zero-order chi connectivity index (χ0) is 14.2. The predicted molar refractivity (Wildman–Crippen MR) is 69.8 cm³/mol. The third-order valence-corrected chi connectivity index (χ3v) is 4.58. The number of likely N-dealkylation sites (N-methyl/N-ethyl adjacent to an activating group) is 1. The maximum Gasteiger partial charge on any atom is 0.270 e. The van der Waals surface area contributed by atoms with Crippen molar-refractivity contribution in [2.45, 2.75) is 17.4 Å². The van der Waals surface area contributed by atoms with E-state index in [1.807, 2.05) is 0 Å². The molecule has 8 heteroatoms. The van der Waals surface area contributed by atoms with Crippen LogP contribution in [0, 0.1) is 0 Å². The van der Waals surface area contributed by atoms with Crippen LogP contribution in [-0.2, 0) is 20.8 Å². The fourth-order valence-corrected chi connectivity index (χ4v) is 2.84. The minimum atomic E-state index is -3.83. The number of carbonyl (C=O) groups is 1. The Hall–Kier alpha value is -1.05. The van der Waals surface area contributed by atoms with Crippen LogP contribution in [0.4, 0.5) is 0 Å². The summed E-state index contributed by atoms with van der Waals surface area (Å²) in [5.41, 5.74) is 0.286. The highest BCUT2D eigenvalue weighted by Crippen LogP contribution is 2.20. The molecule has 106 valence electrons. The van der Waals surface area contributed by atoms with E-state index in [2.05, 4.69) is 0 Å². The van der Waals surface area contributed by atoms with Crippen molar-refractivity contribution in [2.75, 3.05) is 20.3 Å². The number of rotatable bonds is 3. The molecule has 1 amide bonds. The van der Waals surface area contributed by atoms with E-state index in [4.69, 9.17) is 15.4 Å². The third kappa shape index (κ3) is 2.93. The molecule has 0 aromatic carbocycles. The molecule has 0 spiro atoms. The van der Waals surface area contributed by atoms with Crippen LogP contribution < -0.4 is 0 Å². The molecule has 2 rings (SSSR count). The molecule has 6 nitrogen and oxygen atoms in total. The van der Waals surface area contributed by atoms with Crippen LogP contribution in [0.1, 0.15) is 16.9 Å². The van der Waals surface area contributed by atoms with Crippen molar-refractivity contribution < 1.29 is 17.9 Å². The summed E-state index contributed by atoms with van der Waals surface area (Å²) >= 11 is 0. The van der Waals surface area contributed by atoms with Gasteiger partial charge < -0.3 is 14.2 Å². The maximum atomic E-state index is 12.3. The normalized spacial score (nSPS) is 19.6. The molecule has 1 aliphatic rings. The number of nitrogens with zero attached hydrogens (tertiary/aromatic N) is 2. The van der Waals surface area contributed by atoms with Gasteiger partial charge in [0.15, 0.2) is 0 Å². The van der Waals surface area contributed by atoms with Crippen LogP contribution in [0.15, 0.2) is 17.2 Å². The van der Waals surface area contributed by atoms with Crippen LogP contribution >= 0.6 is 10.7 Å².